The van der Waals surface area contributed by atoms with Crippen molar-refractivity contribution in [1.29, 1.82) is 0 Å². The Labute approximate surface area is 168 Å². The van der Waals surface area contributed by atoms with Gasteiger partial charge in [0.1, 0.15) is 11.5 Å². The number of piperazine rings is 1. The number of hydrogen-bond donors (Lipinski definition) is 1. The maximum atomic E-state index is 12.9. The van der Waals surface area contributed by atoms with Crippen molar-refractivity contribution in [3.8, 4) is 0 Å². The normalized spacial score (nSPS) is 19.9. The van der Waals surface area contributed by atoms with Crippen LogP contribution in [0.4, 0.5) is 4.79 Å². The predicted molar refractivity (Wildman–Crippen MR) is 107 cm³/mol. The summed E-state index contributed by atoms with van der Waals surface area (Å²) in [4.78, 5) is 14.1. The zero-order chi connectivity index (χ0) is 20.3. The van der Waals surface area contributed by atoms with Crippen molar-refractivity contribution in [3.63, 3.8) is 0 Å². The largest absolute Gasteiger partial charge is 0.466 e. The van der Waals surface area contributed by atoms with E-state index in [4.69, 9.17) is 4.42 Å². The maximum Gasteiger partial charge on any atom is 0.317 e. The van der Waals surface area contributed by atoms with Crippen LogP contribution in [-0.2, 0) is 16.8 Å². The van der Waals surface area contributed by atoms with Gasteiger partial charge in [0.2, 0.25) is 0 Å². The number of carbonyl (C=O) groups is 1. The minimum Gasteiger partial charge on any atom is -0.466 e. The Morgan fingerprint density at radius 3 is 2.39 bits per heavy atom. The van der Waals surface area contributed by atoms with E-state index >= 15 is 0 Å². The molecule has 1 saturated heterocycles. The van der Waals surface area contributed by atoms with E-state index in [1.165, 1.54) is 10.7 Å². The number of nitrogens with one attached hydrogen (secondary N) is 1. The van der Waals surface area contributed by atoms with Crippen LogP contribution in [0.3, 0.4) is 0 Å². The van der Waals surface area contributed by atoms with Gasteiger partial charge < -0.3 is 14.6 Å². The number of aryl methyl sites for hydroxylation is 2. The highest BCUT2D eigenvalue weighted by Gasteiger charge is 2.35. The number of hydrogen-bond acceptors (Lipinski definition) is 4. The third-order valence-corrected chi connectivity index (χ3v) is 7.92. The molecule has 1 N–H and O–H groups in total. The first-order valence-electron chi connectivity index (χ1n) is 10.1. The number of rotatable bonds is 5. The molecule has 0 bridgehead atoms. The number of furan rings is 1. The molecule has 0 unspecified atom stereocenters. The van der Waals surface area contributed by atoms with Crippen molar-refractivity contribution in [2.75, 3.05) is 33.2 Å². The van der Waals surface area contributed by atoms with Crippen LogP contribution >= 0.6 is 0 Å². The van der Waals surface area contributed by atoms with E-state index in [-0.39, 0.29) is 12.1 Å². The maximum absolute atomic E-state index is 12.9. The molecule has 1 aliphatic heterocycles. The van der Waals surface area contributed by atoms with E-state index in [1.807, 2.05) is 19.9 Å². The molecule has 0 aromatic carbocycles. The van der Waals surface area contributed by atoms with Crippen molar-refractivity contribution >= 4 is 16.2 Å². The molecule has 1 aromatic heterocycles. The van der Waals surface area contributed by atoms with Gasteiger partial charge in [-0.05, 0) is 32.8 Å². The van der Waals surface area contributed by atoms with Crippen LogP contribution in [0.2, 0.25) is 0 Å². The molecule has 2 aliphatic rings. The van der Waals surface area contributed by atoms with Gasteiger partial charge >= 0.3 is 6.03 Å². The first-order valence-corrected chi connectivity index (χ1v) is 11.5. The van der Waals surface area contributed by atoms with Gasteiger partial charge in [-0.25, -0.2) is 4.79 Å². The van der Waals surface area contributed by atoms with Crippen LogP contribution < -0.4 is 5.32 Å². The zero-order valence-corrected chi connectivity index (χ0v) is 17.9. The SMILES string of the molecule is Cc1cc(CNC(=O)N2CCN(S(=O)(=O)N(C)C3CCCCC3)CC2)c(C)o1. The molecule has 2 heterocycles. The second-order valence-electron chi connectivity index (χ2n) is 7.80. The highest BCUT2D eigenvalue weighted by atomic mass is 32.2. The van der Waals surface area contributed by atoms with Gasteiger partial charge in [0.25, 0.3) is 10.2 Å². The Hall–Kier alpha value is -1.58. The molecule has 3 rings (SSSR count). The third kappa shape index (κ3) is 4.69. The van der Waals surface area contributed by atoms with E-state index in [2.05, 4.69) is 5.32 Å². The predicted octanol–water partition coefficient (Wildman–Crippen LogP) is 2.23. The van der Waals surface area contributed by atoms with Crippen LogP contribution in [0, 0.1) is 13.8 Å². The topological polar surface area (TPSA) is 86.1 Å². The summed E-state index contributed by atoms with van der Waals surface area (Å²) in [7, 11) is -1.78. The molecule has 0 atom stereocenters. The van der Waals surface area contributed by atoms with Crippen LogP contribution in [0.15, 0.2) is 10.5 Å². The van der Waals surface area contributed by atoms with Gasteiger partial charge in [0.05, 0.1) is 0 Å². The number of amides is 2. The lowest BCUT2D eigenvalue weighted by atomic mass is 9.96. The first-order chi connectivity index (χ1) is 13.3. The minimum atomic E-state index is -3.47. The van der Waals surface area contributed by atoms with Gasteiger partial charge in [-0.15, -0.1) is 0 Å². The fourth-order valence-electron chi connectivity index (χ4n) is 4.08. The fourth-order valence-corrected chi connectivity index (χ4v) is 5.66. The third-order valence-electron chi connectivity index (χ3n) is 5.88. The van der Waals surface area contributed by atoms with Crippen LogP contribution in [0.25, 0.3) is 0 Å². The Balaban J connectivity index is 1.50. The van der Waals surface area contributed by atoms with Crippen LogP contribution in [0.5, 0.6) is 0 Å². The van der Waals surface area contributed by atoms with E-state index in [1.54, 1.807) is 16.3 Å². The molecular formula is C19H32N4O4S. The fraction of sp³-hybridized carbons (Fsp3) is 0.737. The average molecular weight is 413 g/mol. The number of nitrogens with zero attached hydrogens (tertiary/aromatic N) is 3. The summed E-state index contributed by atoms with van der Waals surface area (Å²) in [5.41, 5.74) is 0.959. The number of carbonyl (C=O) groups excluding carboxylic acids is 1. The summed E-state index contributed by atoms with van der Waals surface area (Å²) < 4.78 is 34.4. The second kappa shape index (κ2) is 8.84. The minimum absolute atomic E-state index is 0.0988. The van der Waals surface area contributed by atoms with Gasteiger partial charge in [-0.1, -0.05) is 19.3 Å². The quantitative estimate of drug-likeness (QED) is 0.804. The van der Waals surface area contributed by atoms with E-state index in [9.17, 15) is 13.2 Å². The second-order valence-corrected chi connectivity index (χ2v) is 9.79. The molecule has 158 valence electrons. The van der Waals surface area contributed by atoms with Crippen LogP contribution in [-0.4, -0.2) is 67.2 Å². The lowest BCUT2D eigenvalue weighted by Gasteiger charge is -2.38. The van der Waals surface area contributed by atoms with E-state index in [0.717, 1.165) is 42.8 Å². The molecule has 8 nitrogen and oxygen atoms in total. The standard InChI is InChI=1S/C19H32N4O4S/c1-15-13-17(16(2)27-15)14-20-19(24)22-9-11-23(12-10-22)28(25,26)21(3)18-7-5-4-6-8-18/h13,18H,4-12,14H2,1-3H3,(H,20,24). The van der Waals surface area contributed by atoms with Crippen molar-refractivity contribution in [2.45, 2.75) is 58.5 Å². The monoisotopic (exact) mass is 412 g/mol. The molecule has 1 saturated carbocycles. The zero-order valence-electron chi connectivity index (χ0n) is 17.1. The summed E-state index contributed by atoms with van der Waals surface area (Å²) >= 11 is 0. The molecule has 1 aliphatic carbocycles. The van der Waals surface area contributed by atoms with Gasteiger partial charge in [0.15, 0.2) is 0 Å². The highest BCUT2D eigenvalue weighted by molar-refractivity contribution is 7.86. The molecule has 28 heavy (non-hydrogen) atoms. The van der Waals surface area contributed by atoms with Crippen molar-refractivity contribution in [2.24, 2.45) is 0 Å². The molecule has 2 fully saturated rings. The number of urea groups is 1. The first kappa shape index (κ1) is 21.1. The Morgan fingerprint density at radius 1 is 1.18 bits per heavy atom. The summed E-state index contributed by atoms with van der Waals surface area (Å²) in [6.07, 6.45) is 5.24. The molecule has 1 aromatic rings. The van der Waals surface area contributed by atoms with Crippen LogP contribution in [0.1, 0.15) is 49.2 Å². The van der Waals surface area contributed by atoms with Gasteiger partial charge in [0, 0.05) is 51.4 Å². The molecule has 0 radical (unpaired) electrons. The average Bonchev–Trinajstić information content (AvgIpc) is 3.03. The summed E-state index contributed by atoms with van der Waals surface area (Å²) in [5.74, 6) is 1.63. The summed E-state index contributed by atoms with van der Waals surface area (Å²) in [6, 6.07) is 1.85. The summed E-state index contributed by atoms with van der Waals surface area (Å²) in [5, 5.41) is 2.90. The lowest BCUT2D eigenvalue weighted by Crippen LogP contribution is -2.56. The smallest absolute Gasteiger partial charge is 0.317 e. The Morgan fingerprint density at radius 2 is 1.82 bits per heavy atom. The molecule has 9 heteroatoms. The Bertz CT molecular complexity index is 778. The van der Waals surface area contributed by atoms with Crippen molar-refractivity contribution < 1.29 is 17.6 Å². The van der Waals surface area contributed by atoms with Gasteiger partial charge in [-0.2, -0.15) is 17.0 Å². The van der Waals surface area contributed by atoms with Gasteiger partial charge in [-0.3, -0.25) is 0 Å². The van der Waals surface area contributed by atoms with Crippen molar-refractivity contribution in [1.82, 2.24) is 18.8 Å². The lowest BCUT2D eigenvalue weighted by molar-refractivity contribution is 0.166. The molecular weight excluding hydrogens is 380 g/mol. The van der Waals surface area contributed by atoms with E-state index in [0.29, 0.717) is 32.7 Å². The molecule has 2 amide bonds. The Kier molecular flexibility index (Phi) is 6.67. The van der Waals surface area contributed by atoms with Crippen molar-refractivity contribution in [3.05, 3.63) is 23.2 Å². The van der Waals surface area contributed by atoms with E-state index < -0.39 is 10.2 Å². The molecule has 0 spiro atoms. The summed E-state index contributed by atoms with van der Waals surface area (Å²) in [6.45, 7) is 5.61. The highest BCUT2D eigenvalue weighted by Crippen LogP contribution is 2.25.